The fraction of sp³-hybridized carbons (Fsp3) is 0.500. The first-order valence-corrected chi connectivity index (χ1v) is 8.69. The van der Waals surface area contributed by atoms with Crippen molar-refractivity contribution in [3.8, 4) is 0 Å². The summed E-state index contributed by atoms with van der Waals surface area (Å²) in [5.74, 6) is 1.99. The van der Waals surface area contributed by atoms with Gasteiger partial charge in [0.15, 0.2) is 0 Å². The quantitative estimate of drug-likeness (QED) is 0.816. The summed E-state index contributed by atoms with van der Waals surface area (Å²) in [6.07, 6.45) is 3.11. The number of hydrogen-bond acceptors (Lipinski definition) is 5. The molecule has 126 valence electrons. The number of benzene rings is 1. The minimum atomic E-state index is -0.119. The Bertz CT molecular complexity index is 711. The van der Waals surface area contributed by atoms with Gasteiger partial charge in [-0.1, -0.05) is 25.1 Å². The second kappa shape index (κ2) is 6.36. The lowest BCUT2D eigenvalue weighted by Crippen LogP contribution is -2.41. The first-order chi connectivity index (χ1) is 11.8. The van der Waals surface area contributed by atoms with E-state index in [4.69, 9.17) is 4.42 Å². The zero-order valence-electron chi connectivity index (χ0n) is 13.9. The largest absolute Gasteiger partial charge is 0.424 e. The Morgan fingerprint density at radius 1 is 1.21 bits per heavy atom. The van der Waals surface area contributed by atoms with Crippen molar-refractivity contribution < 1.29 is 9.21 Å². The van der Waals surface area contributed by atoms with Crippen molar-refractivity contribution in [2.75, 3.05) is 18.0 Å². The van der Waals surface area contributed by atoms with Crippen LogP contribution in [0.5, 0.6) is 0 Å². The molecular formula is C18H22N4O2. The molecule has 1 aromatic heterocycles. The standard InChI is InChI=1S/C18H22N4O2/c1-2-21(12-16-19-20-17(24-16)13-8-9-13)15-10-11-22(18(15)23)14-6-4-3-5-7-14/h3-7,13,15H,2,8-12H2,1H3/t15-/m1/s1. The number of amides is 1. The molecule has 0 radical (unpaired) electrons. The van der Waals surface area contributed by atoms with E-state index in [2.05, 4.69) is 22.0 Å². The third-order valence-electron chi connectivity index (χ3n) is 4.84. The van der Waals surface area contributed by atoms with Gasteiger partial charge in [-0.3, -0.25) is 9.69 Å². The predicted octanol–water partition coefficient (Wildman–Crippen LogP) is 2.57. The summed E-state index contributed by atoms with van der Waals surface area (Å²) >= 11 is 0. The molecule has 0 spiro atoms. The Hall–Kier alpha value is -2.21. The molecule has 1 aliphatic carbocycles. The Balaban J connectivity index is 1.45. The first-order valence-electron chi connectivity index (χ1n) is 8.69. The van der Waals surface area contributed by atoms with Crippen molar-refractivity contribution in [1.82, 2.24) is 15.1 Å². The van der Waals surface area contributed by atoms with Crippen LogP contribution in [0.4, 0.5) is 5.69 Å². The molecule has 1 saturated heterocycles. The van der Waals surface area contributed by atoms with E-state index in [1.807, 2.05) is 35.2 Å². The van der Waals surface area contributed by atoms with Crippen LogP contribution in [0, 0.1) is 0 Å². The van der Waals surface area contributed by atoms with E-state index in [1.54, 1.807) is 0 Å². The smallest absolute Gasteiger partial charge is 0.244 e. The molecule has 4 rings (SSSR count). The number of nitrogens with zero attached hydrogens (tertiary/aromatic N) is 4. The van der Waals surface area contributed by atoms with Crippen molar-refractivity contribution in [1.29, 1.82) is 0 Å². The maximum absolute atomic E-state index is 12.8. The lowest BCUT2D eigenvalue weighted by atomic mass is 10.2. The molecule has 6 nitrogen and oxygen atoms in total. The maximum Gasteiger partial charge on any atom is 0.244 e. The third-order valence-corrected chi connectivity index (χ3v) is 4.84. The van der Waals surface area contributed by atoms with Gasteiger partial charge in [-0.05, 0) is 37.9 Å². The Labute approximate surface area is 141 Å². The molecular weight excluding hydrogens is 304 g/mol. The minimum Gasteiger partial charge on any atom is -0.424 e. The van der Waals surface area contributed by atoms with Crippen LogP contribution in [-0.2, 0) is 11.3 Å². The molecule has 1 saturated carbocycles. The molecule has 24 heavy (non-hydrogen) atoms. The topological polar surface area (TPSA) is 62.5 Å². The second-order valence-corrected chi connectivity index (χ2v) is 6.50. The Kier molecular flexibility index (Phi) is 4.06. The fourth-order valence-electron chi connectivity index (χ4n) is 3.31. The second-order valence-electron chi connectivity index (χ2n) is 6.50. The lowest BCUT2D eigenvalue weighted by Gasteiger charge is -2.25. The normalized spacial score (nSPS) is 21.0. The number of aromatic nitrogens is 2. The number of likely N-dealkylation sites (N-methyl/N-ethyl adjacent to an activating group) is 1. The van der Waals surface area contributed by atoms with Crippen LogP contribution in [0.25, 0.3) is 0 Å². The summed E-state index contributed by atoms with van der Waals surface area (Å²) in [4.78, 5) is 16.8. The SMILES string of the molecule is CCN(Cc1nnc(C2CC2)o1)[C@@H]1CCN(c2ccccc2)C1=O. The monoisotopic (exact) mass is 326 g/mol. The molecule has 2 fully saturated rings. The van der Waals surface area contributed by atoms with E-state index in [1.165, 1.54) is 0 Å². The van der Waals surface area contributed by atoms with Gasteiger partial charge in [0.1, 0.15) is 0 Å². The van der Waals surface area contributed by atoms with E-state index in [9.17, 15) is 4.79 Å². The highest BCUT2D eigenvalue weighted by Crippen LogP contribution is 2.39. The van der Waals surface area contributed by atoms with Gasteiger partial charge in [-0.15, -0.1) is 10.2 Å². The molecule has 0 unspecified atom stereocenters. The summed E-state index contributed by atoms with van der Waals surface area (Å²) in [7, 11) is 0. The molecule has 0 N–H and O–H groups in total. The number of carbonyl (C=O) groups excluding carboxylic acids is 1. The highest BCUT2D eigenvalue weighted by Gasteiger charge is 2.37. The van der Waals surface area contributed by atoms with Crippen molar-refractivity contribution >= 4 is 11.6 Å². The lowest BCUT2D eigenvalue weighted by molar-refractivity contribution is -0.121. The summed E-state index contributed by atoms with van der Waals surface area (Å²) in [5, 5.41) is 8.29. The van der Waals surface area contributed by atoms with Crippen LogP contribution < -0.4 is 4.90 Å². The van der Waals surface area contributed by atoms with Gasteiger partial charge in [0.05, 0.1) is 12.6 Å². The van der Waals surface area contributed by atoms with E-state index in [0.717, 1.165) is 43.9 Å². The average Bonchev–Trinajstić information content (AvgIpc) is 3.25. The zero-order valence-corrected chi connectivity index (χ0v) is 13.9. The average molecular weight is 326 g/mol. The number of para-hydroxylation sites is 1. The molecule has 1 atom stereocenters. The predicted molar refractivity (Wildman–Crippen MR) is 89.6 cm³/mol. The molecule has 2 aliphatic rings. The molecule has 2 heterocycles. The van der Waals surface area contributed by atoms with E-state index in [0.29, 0.717) is 18.4 Å². The van der Waals surface area contributed by atoms with Crippen molar-refractivity contribution in [2.45, 2.75) is 44.7 Å². The Morgan fingerprint density at radius 2 is 2.00 bits per heavy atom. The molecule has 1 aliphatic heterocycles. The van der Waals surface area contributed by atoms with Crippen LogP contribution in [0.2, 0.25) is 0 Å². The summed E-state index contributed by atoms with van der Waals surface area (Å²) in [5.41, 5.74) is 0.967. The molecule has 0 bridgehead atoms. The van der Waals surface area contributed by atoms with E-state index < -0.39 is 0 Å². The summed E-state index contributed by atoms with van der Waals surface area (Å²) < 4.78 is 5.76. The first kappa shape index (κ1) is 15.3. The number of rotatable bonds is 6. The van der Waals surface area contributed by atoms with Gasteiger partial charge in [0, 0.05) is 18.2 Å². The van der Waals surface area contributed by atoms with E-state index >= 15 is 0 Å². The minimum absolute atomic E-state index is 0.119. The van der Waals surface area contributed by atoms with Crippen LogP contribution >= 0.6 is 0 Å². The maximum atomic E-state index is 12.8. The number of hydrogen-bond donors (Lipinski definition) is 0. The van der Waals surface area contributed by atoms with Crippen LogP contribution in [0.15, 0.2) is 34.7 Å². The van der Waals surface area contributed by atoms with E-state index in [-0.39, 0.29) is 11.9 Å². The van der Waals surface area contributed by atoms with Crippen LogP contribution in [0.1, 0.15) is 43.9 Å². The fourth-order valence-corrected chi connectivity index (χ4v) is 3.31. The van der Waals surface area contributed by atoms with Crippen LogP contribution in [0.3, 0.4) is 0 Å². The van der Waals surface area contributed by atoms with Gasteiger partial charge in [0.25, 0.3) is 0 Å². The molecule has 1 amide bonds. The summed E-state index contributed by atoms with van der Waals surface area (Å²) in [6.45, 7) is 4.13. The molecule has 6 heteroatoms. The van der Waals surface area contributed by atoms with Crippen molar-refractivity contribution in [2.24, 2.45) is 0 Å². The van der Waals surface area contributed by atoms with Gasteiger partial charge in [0.2, 0.25) is 17.7 Å². The van der Waals surface area contributed by atoms with Gasteiger partial charge in [-0.2, -0.15) is 0 Å². The number of anilines is 1. The highest BCUT2D eigenvalue weighted by atomic mass is 16.4. The molecule has 2 aromatic rings. The summed E-state index contributed by atoms with van der Waals surface area (Å²) in [6, 6.07) is 9.74. The van der Waals surface area contributed by atoms with Gasteiger partial charge >= 0.3 is 0 Å². The zero-order chi connectivity index (χ0) is 16.5. The van der Waals surface area contributed by atoms with Crippen molar-refractivity contribution in [3.05, 3.63) is 42.1 Å². The van der Waals surface area contributed by atoms with Gasteiger partial charge < -0.3 is 9.32 Å². The van der Waals surface area contributed by atoms with Crippen LogP contribution in [-0.4, -0.2) is 40.1 Å². The van der Waals surface area contributed by atoms with Crippen molar-refractivity contribution in [3.63, 3.8) is 0 Å². The Morgan fingerprint density at radius 3 is 2.71 bits per heavy atom. The van der Waals surface area contributed by atoms with Gasteiger partial charge in [-0.25, -0.2) is 0 Å². The third kappa shape index (κ3) is 2.94. The number of carbonyl (C=O) groups is 1. The highest BCUT2D eigenvalue weighted by molar-refractivity contribution is 5.99. The molecule has 1 aromatic carbocycles.